The van der Waals surface area contributed by atoms with Gasteiger partial charge < -0.3 is 17.2 Å². The third-order valence-electron chi connectivity index (χ3n) is 4.48. The predicted molar refractivity (Wildman–Crippen MR) is 200 cm³/mol. The highest BCUT2D eigenvalue weighted by Crippen LogP contribution is 2.22. The Morgan fingerprint density at radius 3 is 0.750 bits per heavy atom. The van der Waals surface area contributed by atoms with Crippen LogP contribution in [0.1, 0.15) is 216 Å². The quantitative estimate of drug-likeness (QED) is 0.267. The highest BCUT2D eigenvalue weighted by Gasteiger charge is 2.20. The molecule has 0 heterocycles. The van der Waals surface area contributed by atoms with Gasteiger partial charge in [-0.2, -0.15) is 0 Å². The van der Waals surface area contributed by atoms with Crippen LogP contribution < -0.4 is 17.2 Å². The van der Waals surface area contributed by atoms with Crippen LogP contribution in [0.3, 0.4) is 0 Å². The van der Waals surface area contributed by atoms with Crippen molar-refractivity contribution in [2.75, 3.05) is 7.05 Å². The molecule has 0 spiro atoms. The predicted octanol–water partition coefficient (Wildman–Crippen LogP) is 13.2. The molecule has 0 rings (SSSR count). The van der Waals surface area contributed by atoms with E-state index in [9.17, 15) is 0 Å². The van der Waals surface area contributed by atoms with E-state index < -0.39 is 0 Å². The molecule has 0 radical (unpaired) electrons. The number of hydrogen-bond donors (Lipinski definition) is 3. The lowest BCUT2D eigenvalue weighted by atomic mass is 9.84. The molecule has 0 aliphatic rings. The van der Waals surface area contributed by atoms with Crippen LogP contribution >= 0.6 is 0 Å². The Morgan fingerprint density at radius 1 is 0.500 bits per heavy atom. The summed E-state index contributed by atoms with van der Waals surface area (Å²) in [6.45, 7) is 43.0. The van der Waals surface area contributed by atoms with E-state index in [4.69, 9.17) is 11.5 Å². The van der Waals surface area contributed by atoms with Crippen LogP contribution in [-0.4, -0.2) is 18.6 Å². The number of rotatable bonds is 8. The number of unbranched alkanes of at least 4 members (excludes halogenated alkanes) is 4. The third-order valence-corrected chi connectivity index (χ3v) is 4.48. The van der Waals surface area contributed by atoms with Gasteiger partial charge in [-0.1, -0.05) is 189 Å². The maximum absolute atomic E-state index is 5.97. The standard InChI is InChI=1S/C10H24N2.C5H12.4C4H10.C3H8.C2H6.CH5N/c1-9(2,3)6-8(11)7-10(4,5)12;1-4-5(2)3;4*1-3-4-2;1-3-2;2*1-2/h8H,6-7,11-12H2,1-5H3;5H,4H2,1-3H3;4*3-4H2,1-2H3;3H2,1-2H3;1-2H3;2H2,1H3. The van der Waals surface area contributed by atoms with Crippen LogP contribution in [0.25, 0.3) is 0 Å². The second-order valence-electron chi connectivity index (χ2n) is 12.2. The summed E-state index contributed by atoms with van der Waals surface area (Å²) in [5.74, 6) is 0.884. The van der Waals surface area contributed by atoms with Gasteiger partial charge in [0.25, 0.3) is 0 Å². The maximum Gasteiger partial charge on any atom is 0.0112 e. The van der Waals surface area contributed by atoms with Gasteiger partial charge in [-0.3, -0.25) is 0 Å². The van der Waals surface area contributed by atoms with E-state index in [2.05, 4.69) is 117 Å². The monoisotopic (exact) mass is 582 g/mol. The van der Waals surface area contributed by atoms with Gasteiger partial charge >= 0.3 is 0 Å². The van der Waals surface area contributed by atoms with E-state index in [0.29, 0.717) is 5.41 Å². The van der Waals surface area contributed by atoms with Crippen molar-refractivity contribution in [1.29, 1.82) is 0 Å². The molecule has 0 aliphatic heterocycles. The first-order valence-corrected chi connectivity index (χ1v) is 17.6. The van der Waals surface area contributed by atoms with Gasteiger partial charge in [-0.05, 0) is 45.1 Å². The normalized spacial score (nSPS) is 9.82. The van der Waals surface area contributed by atoms with Crippen molar-refractivity contribution in [1.82, 2.24) is 0 Å². The summed E-state index contributed by atoms with van der Waals surface area (Å²) < 4.78 is 0. The Kier molecular flexibility index (Phi) is 98.8. The molecule has 3 heteroatoms. The summed E-state index contributed by atoms with van der Waals surface area (Å²) in [4.78, 5) is 0. The zero-order valence-electron chi connectivity index (χ0n) is 33.4. The van der Waals surface area contributed by atoms with Crippen molar-refractivity contribution in [2.45, 2.75) is 227 Å². The largest absolute Gasteiger partial charge is 0.333 e. The summed E-state index contributed by atoms with van der Waals surface area (Å²) in [5, 5.41) is 0. The Balaban J connectivity index is -0.0000000419. The lowest BCUT2D eigenvalue weighted by Crippen LogP contribution is -2.40. The molecule has 6 N–H and O–H groups in total. The van der Waals surface area contributed by atoms with Crippen molar-refractivity contribution in [3.63, 3.8) is 0 Å². The fraction of sp³-hybridized carbons (Fsp3) is 1.00. The zero-order chi connectivity index (χ0) is 34.6. The highest BCUT2D eigenvalue weighted by molar-refractivity contribution is 4.81. The van der Waals surface area contributed by atoms with Crippen molar-refractivity contribution in [3.05, 3.63) is 0 Å². The van der Waals surface area contributed by atoms with E-state index in [1.807, 2.05) is 27.7 Å². The molecule has 258 valence electrons. The minimum atomic E-state index is -0.134. The highest BCUT2D eigenvalue weighted by atomic mass is 14.7. The minimum absolute atomic E-state index is 0.134. The van der Waals surface area contributed by atoms with Crippen molar-refractivity contribution in [3.8, 4) is 0 Å². The maximum atomic E-state index is 5.97. The van der Waals surface area contributed by atoms with Gasteiger partial charge in [0.1, 0.15) is 0 Å². The fourth-order valence-electron chi connectivity index (χ4n) is 1.53. The lowest BCUT2D eigenvalue weighted by molar-refractivity contribution is 0.301. The summed E-state index contributed by atoms with van der Waals surface area (Å²) in [6.07, 6.45) is 15.0. The van der Waals surface area contributed by atoms with E-state index in [1.54, 1.807) is 0 Å². The van der Waals surface area contributed by atoms with E-state index in [1.165, 1.54) is 71.3 Å². The molecular weight excluding hydrogens is 486 g/mol. The average molecular weight is 582 g/mol. The molecule has 0 aliphatic carbocycles. The Bertz CT molecular complexity index is 249. The number of hydrogen-bond acceptors (Lipinski definition) is 3. The molecule has 0 saturated heterocycles. The van der Waals surface area contributed by atoms with Crippen molar-refractivity contribution in [2.24, 2.45) is 28.5 Å². The van der Waals surface area contributed by atoms with Crippen LogP contribution in [0.2, 0.25) is 0 Å². The molecule has 1 unspecified atom stereocenters. The van der Waals surface area contributed by atoms with Crippen LogP contribution in [0.5, 0.6) is 0 Å². The molecular formula is C37H95N3. The van der Waals surface area contributed by atoms with Crippen molar-refractivity contribution < 1.29 is 0 Å². The van der Waals surface area contributed by atoms with Crippen LogP contribution in [0.4, 0.5) is 0 Å². The van der Waals surface area contributed by atoms with E-state index in [-0.39, 0.29) is 11.6 Å². The molecule has 0 saturated carbocycles. The fourth-order valence-corrected chi connectivity index (χ4v) is 1.53. The third kappa shape index (κ3) is 204. The summed E-state index contributed by atoms with van der Waals surface area (Å²) in [6, 6.07) is 0.227. The summed E-state index contributed by atoms with van der Waals surface area (Å²) in [5.41, 5.74) is 16.5. The van der Waals surface area contributed by atoms with Gasteiger partial charge in [-0.25, -0.2) is 0 Å². The average Bonchev–Trinajstić information content (AvgIpc) is 2.90. The van der Waals surface area contributed by atoms with Crippen LogP contribution in [0.15, 0.2) is 0 Å². The topological polar surface area (TPSA) is 78.1 Å². The number of nitrogens with two attached hydrogens (primary N) is 3. The summed E-state index contributed by atoms with van der Waals surface area (Å²) in [7, 11) is 1.50. The van der Waals surface area contributed by atoms with Crippen molar-refractivity contribution >= 4 is 0 Å². The second kappa shape index (κ2) is 62.5. The Morgan fingerprint density at radius 2 is 0.675 bits per heavy atom. The molecule has 0 amide bonds. The Labute approximate surface area is 262 Å². The van der Waals surface area contributed by atoms with E-state index >= 15 is 0 Å². The van der Waals surface area contributed by atoms with Crippen LogP contribution in [0, 0.1) is 11.3 Å². The molecule has 3 nitrogen and oxygen atoms in total. The smallest absolute Gasteiger partial charge is 0.0112 e. The molecule has 40 heavy (non-hydrogen) atoms. The molecule has 0 fully saturated rings. The summed E-state index contributed by atoms with van der Waals surface area (Å²) >= 11 is 0. The first kappa shape index (κ1) is 63.2. The van der Waals surface area contributed by atoms with Gasteiger partial charge in [0.05, 0.1) is 0 Å². The molecule has 1 atom stereocenters. The molecule has 0 aromatic heterocycles. The first-order valence-electron chi connectivity index (χ1n) is 17.6. The zero-order valence-corrected chi connectivity index (χ0v) is 33.4. The molecule has 0 aromatic rings. The van der Waals surface area contributed by atoms with Crippen LogP contribution in [-0.2, 0) is 0 Å². The Hall–Kier alpha value is -0.120. The van der Waals surface area contributed by atoms with Gasteiger partial charge in [0.2, 0.25) is 0 Å². The second-order valence-corrected chi connectivity index (χ2v) is 12.2. The molecule has 0 bridgehead atoms. The van der Waals surface area contributed by atoms with Gasteiger partial charge in [-0.15, -0.1) is 0 Å². The first-order chi connectivity index (χ1) is 18.4. The van der Waals surface area contributed by atoms with E-state index in [0.717, 1.165) is 18.8 Å². The minimum Gasteiger partial charge on any atom is -0.333 e. The molecule has 0 aromatic carbocycles. The SMILES string of the molecule is CC.CC(C)(C)CC(N)CC(C)(C)N.CCC.CCC(C)C.CCCC.CCCC.CCCC.CCCC.CN. The lowest BCUT2D eigenvalue weighted by Gasteiger charge is -2.28. The van der Waals surface area contributed by atoms with Gasteiger partial charge in [0, 0.05) is 11.6 Å². The van der Waals surface area contributed by atoms with Gasteiger partial charge in [0.15, 0.2) is 0 Å².